The van der Waals surface area contributed by atoms with Crippen LogP contribution in [0.15, 0.2) is 36.4 Å². The molecule has 0 N–H and O–H groups in total. The quantitative estimate of drug-likeness (QED) is 0.563. The highest BCUT2D eigenvalue weighted by Gasteiger charge is 2.41. The van der Waals surface area contributed by atoms with Crippen molar-refractivity contribution in [2.75, 3.05) is 6.61 Å². The maximum absolute atomic E-state index is 12.1. The fourth-order valence-corrected chi connectivity index (χ4v) is 2.14. The maximum atomic E-state index is 12.1. The van der Waals surface area contributed by atoms with E-state index in [2.05, 4.69) is 0 Å². The molecule has 1 aromatic rings. The minimum absolute atomic E-state index is 0.142. The number of Topliss-reactive ketones (excluding diaryl/α,β-unsaturated/α-hetero) is 1. The fourth-order valence-electron chi connectivity index (χ4n) is 2.14. The molecule has 1 atom stereocenters. The average Bonchev–Trinajstić information content (AvgIpc) is 2.44. The van der Waals surface area contributed by atoms with E-state index in [1.54, 1.807) is 6.92 Å². The molecular weight excluding hydrogens is 252 g/mol. The third kappa shape index (κ3) is 3.80. The normalized spacial score (nSPS) is 13.9. The molecule has 1 aromatic carbocycles. The van der Waals surface area contributed by atoms with E-state index in [9.17, 15) is 9.59 Å². The Labute approximate surface area is 120 Å². The van der Waals surface area contributed by atoms with Crippen LogP contribution in [-0.2, 0) is 14.3 Å². The molecule has 0 fully saturated rings. The number of ether oxygens (including phenoxy) is 1. The number of esters is 1. The first kappa shape index (κ1) is 16.2. The van der Waals surface area contributed by atoms with E-state index in [4.69, 9.17) is 4.74 Å². The summed E-state index contributed by atoms with van der Waals surface area (Å²) in [6, 6.07) is 9.79. The van der Waals surface area contributed by atoms with Crippen LogP contribution in [-0.4, -0.2) is 18.4 Å². The van der Waals surface area contributed by atoms with Gasteiger partial charge in [-0.15, -0.1) is 0 Å². The molecule has 0 aliphatic carbocycles. The van der Waals surface area contributed by atoms with Gasteiger partial charge in [0.25, 0.3) is 0 Å². The molecule has 0 bridgehead atoms. The second kappa shape index (κ2) is 7.63. The van der Waals surface area contributed by atoms with Gasteiger partial charge in [-0.05, 0) is 32.3 Å². The Hall–Kier alpha value is -1.90. The number of carbonyl (C=O) groups is 2. The second-order valence-corrected chi connectivity index (χ2v) is 4.73. The molecule has 0 aliphatic heterocycles. The summed E-state index contributed by atoms with van der Waals surface area (Å²) >= 11 is 0. The summed E-state index contributed by atoms with van der Waals surface area (Å²) in [6.45, 7) is 5.33. The van der Waals surface area contributed by atoms with Gasteiger partial charge in [-0.3, -0.25) is 9.59 Å². The van der Waals surface area contributed by atoms with Crippen molar-refractivity contribution in [3.05, 3.63) is 42.0 Å². The van der Waals surface area contributed by atoms with E-state index in [1.165, 1.54) is 6.92 Å². The molecule has 0 unspecified atom stereocenters. The first-order chi connectivity index (χ1) is 9.56. The Balaban J connectivity index is 2.88. The number of rotatable bonds is 7. The van der Waals surface area contributed by atoms with Gasteiger partial charge in [0.15, 0.2) is 0 Å². The van der Waals surface area contributed by atoms with Crippen molar-refractivity contribution >= 4 is 17.8 Å². The van der Waals surface area contributed by atoms with E-state index in [0.717, 1.165) is 5.56 Å². The molecule has 0 aliphatic rings. The minimum atomic E-state index is -1.05. The molecule has 3 heteroatoms. The molecule has 0 radical (unpaired) electrons. The average molecular weight is 274 g/mol. The lowest BCUT2D eigenvalue weighted by atomic mass is 9.78. The third-order valence-corrected chi connectivity index (χ3v) is 3.52. The lowest BCUT2D eigenvalue weighted by Gasteiger charge is -2.26. The summed E-state index contributed by atoms with van der Waals surface area (Å²) in [7, 11) is 0. The van der Waals surface area contributed by atoms with Gasteiger partial charge in [-0.1, -0.05) is 49.4 Å². The Kier molecular flexibility index (Phi) is 6.16. The molecule has 1 rings (SSSR count). The van der Waals surface area contributed by atoms with E-state index in [-0.39, 0.29) is 12.4 Å². The fraction of sp³-hybridized carbons (Fsp3) is 0.412. The topological polar surface area (TPSA) is 43.4 Å². The zero-order valence-electron chi connectivity index (χ0n) is 12.4. The van der Waals surface area contributed by atoms with Gasteiger partial charge >= 0.3 is 5.97 Å². The van der Waals surface area contributed by atoms with E-state index < -0.39 is 11.4 Å². The highest BCUT2D eigenvalue weighted by atomic mass is 16.5. The molecule has 0 saturated heterocycles. The largest absolute Gasteiger partial charge is 0.465 e. The monoisotopic (exact) mass is 274 g/mol. The predicted molar refractivity (Wildman–Crippen MR) is 80.1 cm³/mol. The summed E-state index contributed by atoms with van der Waals surface area (Å²) in [5.41, 5.74) is -0.00806. The molecule has 0 aromatic heterocycles. The van der Waals surface area contributed by atoms with Crippen molar-refractivity contribution in [1.29, 1.82) is 0 Å². The number of allylic oxidation sites excluding steroid dienone is 1. The van der Waals surface area contributed by atoms with Crippen LogP contribution in [0.25, 0.3) is 6.08 Å². The summed E-state index contributed by atoms with van der Waals surface area (Å²) in [5.74, 6) is -0.566. The summed E-state index contributed by atoms with van der Waals surface area (Å²) in [5, 5.41) is 0. The summed E-state index contributed by atoms with van der Waals surface area (Å²) in [4.78, 5) is 24.0. The van der Waals surface area contributed by atoms with Crippen LogP contribution in [0.5, 0.6) is 0 Å². The molecule has 0 heterocycles. The van der Waals surface area contributed by atoms with E-state index in [0.29, 0.717) is 12.8 Å². The van der Waals surface area contributed by atoms with Crippen LogP contribution in [0.1, 0.15) is 39.2 Å². The number of ketones is 1. The zero-order chi connectivity index (χ0) is 15.0. The van der Waals surface area contributed by atoms with Gasteiger partial charge in [0, 0.05) is 0 Å². The Morgan fingerprint density at radius 1 is 1.20 bits per heavy atom. The summed E-state index contributed by atoms with van der Waals surface area (Å²) < 4.78 is 5.07. The van der Waals surface area contributed by atoms with E-state index in [1.807, 2.05) is 49.4 Å². The van der Waals surface area contributed by atoms with Crippen molar-refractivity contribution in [1.82, 2.24) is 0 Å². The molecule has 108 valence electrons. The van der Waals surface area contributed by atoms with Gasteiger partial charge in [0.2, 0.25) is 0 Å². The Morgan fingerprint density at radius 2 is 1.85 bits per heavy atom. The first-order valence-electron chi connectivity index (χ1n) is 6.96. The SMILES string of the molecule is CCOC(=O)[C@@](CC)(C/C=C/c1ccccc1)C(C)=O. The van der Waals surface area contributed by atoms with Crippen LogP contribution in [0, 0.1) is 5.41 Å². The van der Waals surface area contributed by atoms with Crippen molar-refractivity contribution < 1.29 is 14.3 Å². The van der Waals surface area contributed by atoms with Gasteiger partial charge in [0.05, 0.1) is 6.61 Å². The second-order valence-electron chi connectivity index (χ2n) is 4.73. The molecule has 0 spiro atoms. The van der Waals surface area contributed by atoms with Crippen LogP contribution >= 0.6 is 0 Å². The van der Waals surface area contributed by atoms with Crippen LogP contribution in [0.2, 0.25) is 0 Å². The van der Waals surface area contributed by atoms with Crippen molar-refractivity contribution in [2.45, 2.75) is 33.6 Å². The smallest absolute Gasteiger partial charge is 0.319 e. The van der Waals surface area contributed by atoms with Crippen molar-refractivity contribution in [3.8, 4) is 0 Å². The van der Waals surface area contributed by atoms with Gasteiger partial charge in [0.1, 0.15) is 11.2 Å². The highest BCUT2D eigenvalue weighted by molar-refractivity contribution is 6.02. The number of benzene rings is 1. The Morgan fingerprint density at radius 3 is 2.35 bits per heavy atom. The number of hydrogen-bond donors (Lipinski definition) is 0. The van der Waals surface area contributed by atoms with Crippen molar-refractivity contribution in [2.24, 2.45) is 5.41 Å². The molecular formula is C17H22O3. The molecule has 20 heavy (non-hydrogen) atoms. The molecule has 0 amide bonds. The third-order valence-electron chi connectivity index (χ3n) is 3.52. The van der Waals surface area contributed by atoms with Crippen LogP contribution in [0.3, 0.4) is 0 Å². The minimum Gasteiger partial charge on any atom is -0.465 e. The number of hydrogen-bond acceptors (Lipinski definition) is 3. The lowest BCUT2D eigenvalue weighted by Crippen LogP contribution is -2.38. The maximum Gasteiger partial charge on any atom is 0.319 e. The number of carbonyl (C=O) groups excluding carboxylic acids is 2. The van der Waals surface area contributed by atoms with Gasteiger partial charge < -0.3 is 4.74 Å². The van der Waals surface area contributed by atoms with Gasteiger partial charge in [-0.25, -0.2) is 0 Å². The zero-order valence-corrected chi connectivity index (χ0v) is 12.4. The van der Waals surface area contributed by atoms with Crippen LogP contribution < -0.4 is 0 Å². The first-order valence-corrected chi connectivity index (χ1v) is 6.96. The standard InChI is InChI=1S/C17H22O3/c1-4-17(14(3)18,16(19)20-5-2)13-9-12-15-10-7-6-8-11-15/h6-12H,4-5,13H2,1-3H3/b12-9+/t17-/m0/s1. The highest BCUT2D eigenvalue weighted by Crippen LogP contribution is 2.30. The lowest BCUT2D eigenvalue weighted by molar-refractivity contribution is -0.159. The van der Waals surface area contributed by atoms with Crippen molar-refractivity contribution in [3.63, 3.8) is 0 Å². The molecule has 3 nitrogen and oxygen atoms in total. The predicted octanol–water partition coefficient (Wildman–Crippen LogP) is 3.64. The molecule has 0 saturated carbocycles. The Bertz CT molecular complexity index is 476. The summed E-state index contributed by atoms with van der Waals surface area (Å²) in [6.07, 6.45) is 4.61. The van der Waals surface area contributed by atoms with Crippen LogP contribution in [0.4, 0.5) is 0 Å². The van der Waals surface area contributed by atoms with E-state index >= 15 is 0 Å². The van der Waals surface area contributed by atoms with Gasteiger partial charge in [-0.2, -0.15) is 0 Å².